The van der Waals surface area contributed by atoms with E-state index in [1.807, 2.05) is 0 Å². The van der Waals surface area contributed by atoms with Crippen LogP contribution in [0.25, 0.3) is 0 Å². The second-order valence-electron chi connectivity index (χ2n) is 3.96. The van der Waals surface area contributed by atoms with E-state index in [1.54, 1.807) is 29.2 Å². The Labute approximate surface area is 117 Å². The van der Waals surface area contributed by atoms with Gasteiger partial charge in [-0.25, -0.2) is 0 Å². The van der Waals surface area contributed by atoms with Gasteiger partial charge in [0.05, 0.1) is 23.3 Å². The maximum absolute atomic E-state index is 12.2. The molecule has 1 aromatic rings. The Morgan fingerprint density at radius 2 is 2.22 bits per heavy atom. The molecule has 1 atom stereocenters. The molecule has 0 bridgehead atoms. The highest BCUT2D eigenvalue weighted by molar-refractivity contribution is 6.33. The molecular weight excluding hydrogens is 275 g/mol. The van der Waals surface area contributed by atoms with Crippen molar-refractivity contribution in [3.05, 3.63) is 34.9 Å². The number of hydrogen-bond donors (Lipinski definition) is 1. The predicted molar refractivity (Wildman–Crippen MR) is 73.4 cm³/mol. The van der Waals surface area contributed by atoms with Crippen molar-refractivity contribution in [2.75, 3.05) is 26.2 Å². The van der Waals surface area contributed by atoms with Crippen LogP contribution in [-0.4, -0.2) is 43.2 Å². The Kier molecular flexibility index (Phi) is 5.88. The molecule has 2 N–H and O–H groups in total. The van der Waals surface area contributed by atoms with Gasteiger partial charge in [0.25, 0.3) is 5.91 Å². The molecule has 1 saturated heterocycles. The molecule has 1 amide bonds. The quantitative estimate of drug-likeness (QED) is 0.899. The fourth-order valence-electron chi connectivity index (χ4n) is 1.85. The first-order valence-corrected chi connectivity index (χ1v) is 5.95. The van der Waals surface area contributed by atoms with Gasteiger partial charge in [-0.3, -0.25) is 4.79 Å². The smallest absolute Gasteiger partial charge is 0.255 e. The van der Waals surface area contributed by atoms with Gasteiger partial charge in [-0.15, -0.1) is 12.4 Å². The Hall–Kier alpha value is -0.810. The van der Waals surface area contributed by atoms with Gasteiger partial charge in [-0.2, -0.15) is 0 Å². The Bertz CT molecular complexity index is 415. The molecule has 0 radical (unpaired) electrons. The number of amides is 1. The topological polar surface area (TPSA) is 55.6 Å². The number of morpholine rings is 1. The van der Waals surface area contributed by atoms with Crippen LogP contribution in [0.15, 0.2) is 24.3 Å². The molecule has 1 aliphatic rings. The van der Waals surface area contributed by atoms with E-state index in [0.717, 1.165) is 0 Å². The zero-order valence-electron chi connectivity index (χ0n) is 9.84. The van der Waals surface area contributed by atoms with E-state index in [9.17, 15) is 4.79 Å². The second kappa shape index (κ2) is 6.95. The van der Waals surface area contributed by atoms with Gasteiger partial charge in [-0.05, 0) is 12.1 Å². The van der Waals surface area contributed by atoms with Gasteiger partial charge in [-0.1, -0.05) is 23.7 Å². The highest BCUT2D eigenvalue weighted by Gasteiger charge is 2.25. The number of benzene rings is 1. The number of rotatable bonds is 2. The number of nitrogens with zero attached hydrogens (tertiary/aromatic N) is 1. The van der Waals surface area contributed by atoms with Gasteiger partial charge in [0.15, 0.2) is 0 Å². The third kappa shape index (κ3) is 3.36. The van der Waals surface area contributed by atoms with E-state index >= 15 is 0 Å². The van der Waals surface area contributed by atoms with Crippen molar-refractivity contribution in [1.82, 2.24) is 4.90 Å². The number of halogens is 2. The predicted octanol–water partition coefficient (Wildman–Crippen LogP) is 1.56. The average molecular weight is 291 g/mol. The maximum Gasteiger partial charge on any atom is 0.255 e. The van der Waals surface area contributed by atoms with Crippen molar-refractivity contribution in [3.63, 3.8) is 0 Å². The zero-order chi connectivity index (χ0) is 12.3. The minimum atomic E-state index is -0.0739. The Morgan fingerprint density at radius 3 is 2.89 bits per heavy atom. The lowest BCUT2D eigenvalue weighted by atomic mass is 10.1. The van der Waals surface area contributed by atoms with Crippen LogP contribution in [0.5, 0.6) is 0 Å². The average Bonchev–Trinajstić information content (AvgIpc) is 2.38. The second-order valence-corrected chi connectivity index (χ2v) is 4.37. The summed E-state index contributed by atoms with van der Waals surface area (Å²) in [5.41, 5.74) is 6.08. The van der Waals surface area contributed by atoms with E-state index < -0.39 is 0 Å². The summed E-state index contributed by atoms with van der Waals surface area (Å²) < 4.78 is 5.42. The third-order valence-corrected chi connectivity index (χ3v) is 3.12. The Morgan fingerprint density at radius 1 is 1.50 bits per heavy atom. The van der Waals surface area contributed by atoms with E-state index in [2.05, 4.69) is 0 Å². The molecule has 1 fully saturated rings. The van der Waals surface area contributed by atoms with Crippen molar-refractivity contribution in [2.24, 2.45) is 5.73 Å². The molecule has 0 saturated carbocycles. The Balaban J connectivity index is 0.00000162. The molecule has 100 valence electrons. The van der Waals surface area contributed by atoms with Crippen LogP contribution in [0.1, 0.15) is 10.4 Å². The maximum atomic E-state index is 12.2. The number of nitrogens with two attached hydrogens (primary N) is 1. The first-order chi connectivity index (χ1) is 8.22. The van der Waals surface area contributed by atoms with Crippen molar-refractivity contribution in [2.45, 2.75) is 6.10 Å². The van der Waals surface area contributed by atoms with Crippen molar-refractivity contribution in [1.29, 1.82) is 0 Å². The van der Waals surface area contributed by atoms with Gasteiger partial charge in [0.1, 0.15) is 0 Å². The molecule has 0 spiro atoms. The summed E-state index contributed by atoms with van der Waals surface area (Å²) in [6.45, 7) is 2.06. The van der Waals surface area contributed by atoms with Gasteiger partial charge in [0.2, 0.25) is 0 Å². The van der Waals surface area contributed by atoms with Gasteiger partial charge < -0.3 is 15.4 Å². The minimum Gasteiger partial charge on any atom is -0.373 e. The molecule has 1 aliphatic heterocycles. The highest BCUT2D eigenvalue weighted by atomic mass is 35.5. The van der Waals surface area contributed by atoms with E-state index in [1.165, 1.54) is 0 Å². The van der Waals surface area contributed by atoms with Crippen LogP contribution in [0, 0.1) is 0 Å². The van der Waals surface area contributed by atoms with E-state index in [0.29, 0.717) is 36.8 Å². The first kappa shape index (κ1) is 15.2. The molecule has 1 unspecified atom stereocenters. The largest absolute Gasteiger partial charge is 0.373 e. The lowest BCUT2D eigenvalue weighted by Gasteiger charge is -2.32. The molecule has 18 heavy (non-hydrogen) atoms. The van der Waals surface area contributed by atoms with Crippen molar-refractivity contribution >= 4 is 29.9 Å². The van der Waals surface area contributed by atoms with Gasteiger partial charge in [0, 0.05) is 19.6 Å². The normalized spacial score (nSPS) is 19.2. The summed E-state index contributed by atoms with van der Waals surface area (Å²) in [7, 11) is 0. The lowest BCUT2D eigenvalue weighted by molar-refractivity contribution is -0.0167. The summed E-state index contributed by atoms with van der Waals surface area (Å²) in [6, 6.07) is 7.06. The highest BCUT2D eigenvalue weighted by Crippen LogP contribution is 2.18. The molecule has 6 heteroatoms. The van der Waals surface area contributed by atoms with Crippen LogP contribution in [0.4, 0.5) is 0 Å². The summed E-state index contributed by atoms with van der Waals surface area (Å²) in [5, 5.41) is 0.480. The molecule has 2 rings (SSSR count). The fraction of sp³-hybridized carbons (Fsp3) is 0.417. The minimum absolute atomic E-state index is 0. The monoisotopic (exact) mass is 290 g/mol. The summed E-state index contributed by atoms with van der Waals surface area (Å²) in [6.07, 6.45) is -0.0739. The number of hydrogen-bond acceptors (Lipinski definition) is 3. The molecule has 1 heterocycles. The number of carbonyl (C=O) groups excluding carboxylic acids is 1. The van der Waals surface area contributed by atoms with Crippen LogP contribution in [0.2, 0.25) is 5.02 Å². The number of ether oxygens (including phenoxy) is 1. The standard InChI is InChI=1S/C12H15ClN2O2.ClH/c13-11-4-2-1-3-10(11)12(16)15-5-6-17-9(7-14)8-15;/h1-4,9H,5-8,14H2;1H. The van der Waals surface area contributed by atoms with Crippen molar-refractivity contribution in [3.8, 4) is 0 Å². The molecular formula is C12H16Cl2N2O2. The summed E-state index contributed by atoms with van der Waals surface area (Å²) >= 11 is 6.01. The molecule has 4 nitrogen and oxygen atoms in total. The van der Waals surface area contributed by atoms with Crippen molar-refractivity contribution < 1.29 is 9.53 Å². The summed E-state index contributed by atoms with van der Waals surface area (Å²) in [5.74, 6) is -0.0580. The molecule has 1 aromatic carbocycles. The molecule has 0 aromatic heterocycles. The zero-order valence-corrected chi connectivity index (χ0v) is 11.4. The van der Waals surface area contributed by atoms with Crippen LogP contribution in [0.3, 0.4) is 0 Å². The summed E-state index contributed by atoms with van der Waals surface area (Å²) in [4.78, 5) is 14.0. The molecule has 0 aliphatic carbocycles. The third-order valence-electron chi connectivity index (χ3n) is 2.79. The van der Waals surface area contributed by atoms with E-state index in [4.69, 9.17) is 22.1 Å². The number of carbonyl (C=O) groups is 1. The van der Waals surface area contributed by atoms with Crippen LogP contribution in [-0.2, 0) is 4.74 Å². The fourth-order valence-corrected chi connectivity index (χ4v) is 2.07. The van der Waals surface area contributed by atoms with E-state index in [-0.39, 0.29) is 24.4 Å². The van der Waals surface area contributed by atoms with Crippen LogP contribution < -0.4 is 5.73 Å². The van der Waals surface area contributed by atoms with Gasteiger partial charge >= 0.3 is 0 Å². The SMILES string of the molecule is Cl.NCC1CN(C(=O)c2ccccc2Cl)CCO1. The van der Waals surface area contributed by atoms with Crippen LogP contribution >= 0.6 is 24.0 Å². The lowest BCUT2D eigenvalue weighted by Crippen LogP contribution is -2.48. The first-order valence-electron chi connectivity index (χ1n) is 5.58.